The van der Waals surface area contributed by atoms with Gasteiger partial charge in [0.05, 0.1) is 12.4 Å². The molecule has 35 heavy (non-hydrogen) atoms. The third kappa shape index (κ3) is 10.8. The highest BCUT2D eigenvalue weighted by Gasteiger charge is 2.31. The van der Waals surface area contributed by atoms with E-state index in [1.54, 1.807) is 13.8 Å². The van der Waals surface area contributed by atoms with Gasteiger partial charge in [0.15, 0.2) is 0 Å². The highest BCUT2D eigenvalue weighted by Crippen LogP contribution is 2.07. The summed E-state index contributed by atoms with van der Waals surface area (Å²) in [6.07, 6.45) is 4.56. The summed E-state index contributed by atoms with van der Waals surface area (Å²) in [5.74, 6) is -3.61. The van der Waals surface area contributed by atoms with E-state index >= 15 is 0 Å². The number of rotatable bonds is 16. The average molecular weight is 514 g/mol. The van der Waals surface area contributed by atoms with E-state index in [0.29, 0.717) is 11.4 Å². The Labute approximate surface area is 207 Å². The Balaban J connectivity index is 2.98. The van der Waals surface area contributed by atoms with Crippen LogP contribution >= 0.6 is 11.8 Å². The maximum Gasteiger partial charge on any atom is 0.326 e. The topological polar surface area (TPSA) is 222 Å². The van der Waals surface area contributed by atoms with Crippen molar-refractivity contribution in [2.45, 2.75) is 63.7 Å². The number of carbonyl (C=O) groups excluding carboxylic acids is 4. The number of carboxylic acids is 1. The maximum absolute atomic E-state index is 13.0. The van der Waals surface area contributed by atoms with Crippen molar-refractivity contribution in [2.75, 3.05) is 12.0 Å². The number of amides is 4. The van der Waals surface area contributed by atoms with Gasteiger partial charge in [-0.15, -0.1) is 0 Å². The molecule has 1 aromatic heterocycles. The number of aromatic amines is 1. The molecule has 13 nitrogen and oxygen atoms in total. The summed E-state index contributed by atoms with van der Waals surface area (Å²) in [4.78, 5) is 67.9. The van der Waals surface area contributed by atoms with Crippen LogP contribution < -0.4 is 27.4 Å². The first-order valence-corrected chi connectivity index (χ1v) is 12.5. The Morgan fingerprint density at radius 2 is 1.60 bits per heavy atom. The van der Waals surface area contributed by atoms with Gasteiger partial charge in [-0.1, -0.05) is 13.8 Å². The molecule has 0 aromatic carbocycles. The number of carbonyl (C=O) groups is 5. The first-order valence-electron chi connectivity index (χ1n) is 11.1. The van der Waals surface area contributed by atoms with Gasteiger partial charge >= 0.3 is 5.97 Å². The van der Waals surface area contributed by atoms with E-state index in [4.69, 9.17) is 11.5 Å². The minimum Gasteiger partial charge on any atom is -0.480 e. The largest absolute Gasteiger partial charge is 0.480 e. The number of hydrogen-bond acceptors (Lipinski definition) is 8. The summed E-state index contributed by atoms with van der Waals surface area (Å²) in [5, 5.41) is 17.0. The predicted octanol–water partition coefficient (Wildman–Crippen LogP) is -1.51. The van der Waals surface area contributed by atoms with E-state index in [1.807, 2.05) is 6.26 Å². The first-order chi connectivity index (χ1) is 16.5. The average Bonchev–Trinajstić information content (AvgIpc) is 3.30. The van der Waals surface area contributed by atoms with Crippen molar-refractivity contribution < 1.29 is 29.1 Å². The van der Waals surface area contributed by atoms with Crippen LogP contribution in [0.3, 0.4) is 0 Å². The van der Waals surface area contributed by atoms with Crippen LogP contribution in [0.5, 0.6) is 0 Å². The molecule has 0 radical (unpaired) electrons. The minimum absolute atomic E-state index is 0.0331. The number of thioether (sulfide) groups is 1. The summed E-state index contributed by atoms with van der Waals surface area (Å²) in [6.45, 7) is 3.49. The van der Waals surface area contributed by atoms with Crippen molar-refractivity contribution in [2.24, 2.45) is 17.4 Å². The molecule has 1 rings (SSSR count). The molecule has 0 fully saturated rings. The Morgan fingerprint density at radius 1 is 1.03 bits per heavy atom. The minimum atomic E-state index is -1.26. The van der Waals surface area contributed by atoms with E-state index in [-0.39, 0.29) is 31.6 Å². The van der Waals surface area contributed by atoms with E-state index in [2.05, 4.69) is 25.9 Å². The number of H-pyrrole nitrogens is 1. The van der Waals surface area contributed by atoms with Crippen molar-refractivity contribution >= 4 is 41.4 Å². The van der Waals surface area contributed by atoms with Gasteiger partial charge in [0.2, 0.25) is 23.6 Å². The Bertz CT molecular complexity index is 864. The Kier molecular flexibility index (Phi) is 12.8. The van der Waals surface area contributed by atoms with Crippen molar-refractivity contribution in [3.05, 3.63) is 18.2 Å². The SMILES string of the molecule is CSCCC(NC(=O)C(CCC(N)=O)NC(=O)C(N)C(C)C)C(=O)NC(Cc1cnc[nH]1)C(=O)O. The first kappa shape index (κ1) is 29.9. The molecule has 4 unspecified atom stereocenters. The van der Waals surface area contributed by atoms with Crippen molar-refractivity contribution in [1.29, 1.82) is 0 Å². The molecule has 0 aliphatic heterocycles. The molecular weight excluding hydrogens is 478 g/mol. The van der Waals surface area contributed by atoms with Gasteiger partial charge in [-0.25, -0.2) is 9.78 Å². The number of nitrogens with one attached hydrogen (secondary N) is 4. The lowest BCUT2D eigenvalue weighted by Gasteiger charge is -2.25. The zero-order valence-corrected chi connectivity index (χ0v) is 20.9. The predicted molar refractivity (Wildman–Crippen MR) is 130 cm³/mol. The second-order valence-electron chi connectivity index (χ2n) is 8.36. The molecule has 0 aliphatic carbocycles. The summed E-state index contributed by atoms with van der Waals surface area (Å²) in [6, 6.07) is -4.38. The third-order valence-electron chi connectivity index (χ3n) is 5.17. The summed E-state index contributed by atoms with van der Waals surface area (Å²) >= 11 is 1.44. The molecule has 0 saturated heterocycles. The lowest BCUT2D eigenvalue weighted by Crippen LogP contribution is -2.58. The molecule has 0 spiro atoms. The van der Waals surface area contributed by atoms with Gasteiger partial charge in [-0.05, 0) is 30.8 Å². The van der Waals surface area contributed by atoms with E-state index < -0.39 is 53.8 Å². The van der Waals surface area contributed by atoms with Crippen LogP contribution in [0.15, 0.2) is 12.5 Å². The monoisotopic (exact) mass is 513 g/mol. The molecule has 4 amide bonds. The normalized spacial score (nSPS) is 14.4. The number of nitrogens with zero attached hydrogens (tertiary/aromatic N) is 1. The zero-order chi connectivity index (χ0) is 26.5. The van der Waals surface area contributed by atoms with Crippen LogP contribution in [0.4, 0.5) is 0 Å². The number of primary amides is 1. The van der Waals surface area contributed by atoms with Crippen molar-refractivity contribution in [3.8, 4) is 0 Å². The van der Waals surface area contributed by atoms with Gasteiger partial charge in [-0.3, -0.25) is 19.2 Å². The number of carboxylic acid groups (broad SMARTS) is 1. The lowest BCUT2D eigenvalue weighted by atomic mass is 10.0. The second-order valence-corrected chi connectivity index (χ2v) is 9.34. The fraction of sp³-hybridized carbons (Fsp3) is 0.619. The van der Waals surface area contributed by atoms with E-state index in [9.17, 15) is 29.1 Å². The van der Waals surface area contributed by atoms with Crippen LogP contribution in [0.1, 0.15) is 38.8 Å². The molecule has 9 N–H and O–H groups in total. The third-order valence-corrected chi connectivity index (χ3v) is 5.81. The molecule has 1 aromatic rings. The summed E-state index contributed by atoms with van der Waals surface area (Å²) in [5.41, 5.74) is 11.6. The highest BCUT2D eigenvalue weighted by atomic mass is 32.2. The number of nitrogens with two attached hydrogens (primary N) is 2. The molecule has 1 heterocycles. The fourth-order valence-electron chi connectivity index (χ4n) is 2.99. The molecule has 0 aliphatic rings. The molecule has 196 valence electrons. The van der Waals surface area contributed by atoms with Gasteiger partial charge in [0.1, 0.15) is 18.1 Å². The second kappa shape index (κ2) is 15.0. The van der Waals surface area contributed by atoms with Crippen molar-refractivity contribution in [1.82, 2.24) is 25.9 Å². The van der Waals surface area contributed by atoms with Crippen LogP contribution in [-0.4, -0.2) is 80.8 Å². The van der Waals surface area contributed by atoms with Gasteiger partial charge in [0.25, 0.3) is 0 Å². The molecule has 0 saturated carbocycles. The van der Waals surface area contributed by atoms with Crippen LogP contribution in [0.2, 0.25) is 0 Å². The smallest absolute Gasteiger partial charge is 0.326 e. The number of aliphatic carboxylic acids is 1. The number of aromatic nitrogens is 2. The lowest BCUT2D eigenvalue weighted by molar-refractivity contribution is -0.142. The van der Waals surface area contributed by atoms with Crippen LogP contribution in [-0.2, 0) is 30.4 Å². The van der Waals surface area contributed by atoms with Gasteiger partial charge in [-0.2, -0.15) is 11.8 Å². The van der Waals surface area contributed by atoms with Crippen molar-refractivity contribution in [3.63, 3.8) is 0 Å². The standard InChI is InChI=1S/C21H35N7O6S/c1-11(2)17(23)20(32)27-13(4-5-16(22)29)18(30)26-14(6-7-35-3)19(31)28-15(21(33)34)8-12-9-24-10-25-12/h9-11,13-15,17H,4-8,23H2,1-3H3,(H2,22,29)(H,24,25)(H,26,30)(H,27,32)(H,28,31)(H,33,34). The summed E-state index contributed by atoms with van der Waals surface area (Å²) in [7, 11) is 0. The maximum atomic E-state index is 13.0. The van der Waals surface area contributed by atoms with Crippen LogP contribution in [0.25, 0.3) is 0 Å². The number of imidazole rings is 1. The van der Waals surface area contributed by atoms with Gasteiger partial charge < -0.3 is 37.5 Å². The molecule has 4 atom stereocenters. The fourth-order valence-corrected chi connectivity index (χ4v) is 3.46. The van der Waals surface area contributed by atoms with E-state index in [0.717, 1.165) is 0 Å². The van der Waals surface area contributed by atoms with Gasteiger partial charge in [0, 0.05) is 24.7 Å². The zero-order valence-electron chi connectivity index (χ0n) is 20.1. The Hall–Kier alpha value is -3.13. The molecule has 14 heteroatoms. The Morgan fingerprint density at radius 3 is 2.09 bits per heavy atom. The van der Waals surface area contributed by atoms with E-state index in [1.165, 1.54) is 24.3 Å². The molecule has 0 bridgehead atoms. The molecular formula is C21H35N7O6S. The number of hydrogen-bond donors (Lipinski definition) is 7. The van der Waals surface area contributed by atoms with Crippen LogP contribution in [0, 0.1) is 5.92 Å². The summed E-state index contributed by atoms with van der Waals surface area (Å²) < 4.78 is 0. The highest BCUT2D eigenvalue weighted by molar-refractivity contribution is 7.98. The quantitative estimate of drug-likeness (QED) is 0.136.